The topological polar surface area (TPSA) is 55.3 Å². The second-order valence-electron chi connectivity index (χ2n) is 5.48. The third-order valence-corrected chi connectivity index (χ3v) is 4.08. The number of nitrogen functional groups attached to an aromatic ring is 1. The Morgan fingerprint density at radius 2 is 1.95 bits per heavy atom. The maximum atomic E-state index is 5.84. The fraction of sp³-hybridized carbons (Fsp3) is 0.533. The summed E-state index contributed by atoms with van der Waals surface area (Å²) in [6.07, 6.45) is 7.79. The largest absolute Gasteiger partial charge is 0.423 e. The van der Waals surface area contributed by atoms with Gasteiger partial charge in [-0.05, 0) is 25.0 Å². The monoisotopic (exact) mass is 259 g/mol. The molecule has 1 aliphatic carbocycles. The van der Waals surface area contributed by atoms with E-state index in [1.807, 2.05) is 18.2 Å². The van der Waals surface area contributed by atoms with Crippen molar-refractivity contribution in [2.45, 2.75) is 44.6 Å². The molecule has 0 bridgehead atoms. The van der Waals surface area contributed by atoms with Crippen LogP contribution in [0.3, 0.4) is 0 Å². The number of oxazole rings is 1. The van der Waals surface area contributed by atoms with Crippen LogP contribution in [0, 0.1) is 0 Å². The number of hydrogen-bond acceptors (Lipinski definition) is 4. The number of nitrogens with two attached hydrogens (primary N) is 1. The first-order valence-electron chi connectivity index (χ1n) is 7.13. The highest BCUT2D eigenvalue weighted by Crippen LogP contribution is 2.28. The minimum absolute atomic E-state index is 0.549. The summed E-state index contributed by atoms with van der Waals surface area (Å²) >= 11 is 0. The van der Waals surface area contributed by atoms with E-state index in [4.69, 9.17) is 10.2 Å². The maximum absolute atomic E-state index is 5.84. The lowest BCUT2D eigenvalue weighted by molar-refractivity contribution is 0.496. The molecule has 0 unspecified atom stereocenters. The SMILES string of the molecule is CN(c1nc2ccc(N)cc2o1)C1CCCCCC1. The van der Waals surface area contributed by atoms with Gasteiger partial charge < -0.3 is 15.1 Å². The number of benzene rings is 1. The second kappa shape index (κ2) is 5.11. The summed E-state index contributed by atoms with van der Waals surface area (Å²) in [7, 11) is 2.09. The highest BCUT2D eigenvalue weighted by Gasteiger charge is 2.21. The highest BCUT2D eigenvalue weighted by atomic mass is 16.4. The average Bonchev–Trinajstić information content (AvgIpc) is 2.64. The Balaban J connectivity index is 1.85. The third-order valence-electron chi connectivity index (χ3n) is 4.08. The van der Waals surface area contributed by atoms with Crippen molar-refractivity contribution in [2.24, 2.45) is 0 Å². The van der Waals surface area contributed by atoms with Crippen LogP contribution in [0.2, 0.25) is 0 Å². The van der Waals surface area contributed by atoms with Crippen molar-refractivity contribution in [3.05, 3.63) is 18.2 Å². The summed E-state index contributed by atoms with van der Waals surface area (Å²) < 4.78 is 5.84. The predicted molar refractivity (Wildman–Crippen MR) is 78.3 cm³/mol. The first-order valence-corrected chi connectivity index (χ1v) is 7.13. The van der Waals surface area contributed by atoms with Gasteiger partial charge in [-0.3, -0.25) is 0 Å². The number of nitrogens with zero attached hydrogens (tertiary/aromatic N) is 2. The molecular weight excluding hydrogens is 238 g/mol. The van der Waals surface area contributed by atoms with Crippen LogP contribution in [0.5, 0.6) is 0 Å². The van der Waals surface area contributed by atoms with Gasteiger partial charge in [-0.1, -0.05) is 25.7 Å². The van der Waals surface area contributed by atoms with Crippen molar-refractivity contribution in [3.63, 3.8) is 0 Å². The molecule has 0 atom stereocenters. The molecule has 0 spiro atoms. The molecule has 0 saturated heterocycles. The van der Waals surface area contributed by atoms with Gasteiger partial charge in [0.1, 0.15) is 5.52 Å². The minimum Gasteiger partial charge on any atom is -0.423 e. The first-order chi connectivity index (χ1) is 9.24. The van der Waals surface area contributed by atoms with Gasteiger partial charge in [-0.15, -0.1) is 0 Å². The van der Waals surface area contributed by atoms with Gasteiger partial charge >= 0.3 is 0 Å². The van der Waals surface area contributed by atoms with Crippen molar-refractivity contribution >= 4 is 22.8 Å². The third kappa shape index (κ3) is 2.53. The van der Waals surface area contributed by atoms with E-state index in [0.717, 1.165) is 11.1 Å². The van der Waals surface area contributed by atoms with Gasteiger partial charge in [0.15, 0.2) is 5.58 Å². The molecule has 1 saturated carbocycles. The van der Waals surface area contributed by atoms with E-state index >= 15 is 0 Å². The zero-order valence-corrected chi connectivity index (χ0v) is 11.4. The van der Waals surface area contributed by atoms with Crippen LogP contribution in [0.1, 0.15) is 38.5 Å². The molecule has 4 nitrogen and oxygen atoms in total. The van der Waals surface area contributed by atoms with E-state index in [9.17, 15) is 0 Å². The summed E-state index contributed by atoms with van der Waals surface area (Å²) in [6.45, 7) is 0. The lowest BCUT2D eigenvalue weighted by Crippen LogP contribution is -2.31. The molecule has 1 aliphatic rings. The molecular formula is C15H21N3O. The normalized spacial score (nSPS) is 17.5. The number of anilines is 2. The summed E-state index contributed by atoms with van der Waals surface area (Å²) in [4.78, 5) is 6.76. The minimum atomic E-state index is 0.549. The van der Waals surface area contributed by atoms with Crippen LogP contribution in [-0.4, -0.2) is 18.1 Å². The van der Waals surface area contributed by atoms with E-state index in [-0.39, 0.29) is 0 Å². The van der Waals surface area contributed by atoms with Gasteiger partial charge in [-0.25, -0.2) is 0 Å². The number of aromatic nitrogens is 1. The molecule has 0 aliphatic heterocycles. The molecule has 102 valence electrons. The summed E-state index contributed by atoms with van der Waals surface area (Å²) in [6, 6.07) is 6.88. The standard InChI is InChI=1S/C15H21N3O/c1-18(12-6-4-2-3-5-7-12)15-17-13-9-8-11(16)10-14(13)19-15/h8-10,12H,2-7,16H2,1H3. The van der Waals surface area contributed by atoms with E-state index in [1.54, 1.807) is 0 Å². The summed E-state index contributed by atoms with van der Waals surface area (Å²) in [5.74, 6) is 0. The Hall–Kier alpha value is -1.71. The smallest absolute Gasteiger partial charge is 0.298 e. The predicted octanol–water partition coefficient (Wildman–Crippen LogP) is 3.57. The van der Waals surface area contributed by atoms with Gasteiger partial charge in [-0.2, -0.15) is 4.98 Å². The first kappa shape index (κ1) is 12.3. The lowest BCUT2D eigenvalue weighted by atomic mass is 10.1. The van der Waals surface area contributed by atoms with E-state index in [2.05, 4.69) is 16.9 Å². The van der Waals surface area contributed by atoms with E-state index in [0.29, 0.717) is 17.7 Å². The molecule has 2 aromatic rings. The number of fused-ring (bicyclic) bond motifs is 1. The van der Waals surface area contributed by atoms with Gasteiger partial charge in [0.25, 0.3) is 6.01 Å². The molecule has 19 heavy (non-hydrogen) atoms. The molecule has 0 amide bonds. The fourth-order valence-corrected chi connectivity index (χ4v) is 2.88. The van der Waals surface area contributed by atoms with Crippen molar-refractivity contribution in [1.82, 2.24) is 4.98 Å². The van der Waals surface area contributed by atoms with Crippen LogP contribution in [0.25, 0.3) is 11.1 Å². The average molecular weight is 259 g/mol. The van der Waals surface area contributed by atoms with Crippen LogP contribution in [-0.2, 0) is 0 Å². The van der Waals surface area contributed by atoms with Crippen molar-refractivity contribution in [1.29, 1.82) is 0 Å². The molecule has 1 aromatic heterocycles. The molecule has 1 fully saturated rings. The molecule has 3 rings (SSSR count). The summed E-state index contributed by atoms with van der Waals surface area (Å²) in [5.41, 5.74) is 8.14. The molecule has 2 N–H and O–H groups in total. The van der Waals surface area contributed by atoms with Crippen LogP contribution in [0.4, 0.5) is 11.7 Å². The zero-order valence-electron chi connectivity index (χ0n) is 11.4. The van der Waals surface area contributed by atoms with Gasteiger partial charge in [0, 0.05) is 24.8 Å². The fourth-order valence-electron chi connectivity index (χ4n) is 2.88. The molecule has 0 radical (unpaired) electrons. The maximum Gasteiger partial charge on any atom is 0.298 e. The van der Waals surface area contributed by atoms with Crippen LogP contribution >= 0.6 is 0 Å². The Labute approximate surface area is 113 Å². The Morgan fingerprint density at radius 3 is 2.68 bits per heavy atom. The molecule has 4 heteroatoms. The van der Waals surface area contributed by atoms with Gasteiger partial charge in [0.05, 0.1) is 0 Å². The van der Waals surface area contributed by atoms with E-state index in [1.165, 1.54) is 38.5 Å². The molecule has 1 aromatic carbocycles. The molecule has 1 heterocycles. The Bertz CT molecular complexity index is 556. The van der Waals surface area contributed by atoms with Crippen molar-refractivity contribution < 1.29 is 4.42 Å². The van der Waals surface area contributed by atoms with Crippen molar-refractivity contribution in [3.8, 4) is 0 Å². The highest BCUT2D eigenvalue weighted by molar-refractivity contribution is 5.78. The lowest BCUT2D eigenvalue weighted by Gasteiger charge is -2.25. The van der Waals surface area contributed by atoms with Crippen LogP contribution < -0.4 is 10.6 Å². The Kier molecular flexibility index (Phi) is 3.32. The quantitative estimate of drug-likeness (QED) is 0.661. The Morgan fingerprint density at radius 1 is 1.21 bits per heavy atom. The number of hydrogen-bond donors (Lipinski definition) is 1. The van der Waals surface area contributed by atoms with Gasteiger partial charge in [0.2, 0.25) is 0 Å². The second-order valence-corrected chi connectivity index (χ2v) is 5.48. The van der Waals surface area contributed by atoms with E-state index < -0.39 is 0 Å². The van der Waals surface area contributed by atoms with Crippen LogP contribution in [0.15, 0.2) is 22.6 Å². The zero-order chi connectivity index (χ0) is 13.2. The number of rotatable bonds is 2. The van der Waals surface area contributed by atoms with Crippen molar-refractivity contribution in [2.75, 3.05) is 17.7 Å². The summed E-state index contributed by atoms with van der Waals surface area (Å²) in [5, 5.41) is 0.